The lowest BCUT2D eigenvalue weighted by Crippen LogP contribution is -2.21. The average Bonchev–Trinajstić information content (AvgIpc) is 2.50. The molecule has 2 aromatic carbocycles. The molecule has 2 aromatic rings. The quantitative estimate of drug-likeness (QED) is 0.777. The number of rotatable bonds is 4. The highest BCUT2D eigenvalue weighted by Crippen LogP contribution is 2.20. The third-order valence-electron chi connectivity index (χ3n) is 2.95. The van der Waals surface area contributed by atoms with Gasteiger partial charge in [0, 0.05) is 15.2 Å². The average molecular weight is 401 g/mol. The Kier molecular flexibility index (Phi) is 5.74. The first-order valence-electron chi connectivity index (χ1n) is 6.55. The summed E-state index contributed by atoms with van der Waals surface area (Å²) in [4.78, 5) is 23.6. The Balaban J connectivity index is 1.96. The molecule has 0 spiro atoms. The van der Waals surface area contributed by atoms with E-state index in [0.717, 1.165) is 11.6 Å². The number of ether oxygens (including phenoxy) is 1. The van der Waals surface area contributed by atoms with Crippen LogP contribution in [0.25, 0.3) is 0 Å². The van der Waals surface area contributed by atoms with Gasteiger partial charge in [-0.05, 0) is 48.9 Å². The smallest absolute Gasteiger partial charge is 0.341 e. The Morgan fingerprint density at radius 3 is 2.70 bits per heavy atom. The minimum atomic E-state index is -0.910. The fourth-order valence-corrected chi connectivity index (χ4v) is 2.40. The molecule has 2 rings (SSSR count). The summed E-state index contributed by atoms with van der Waals surface area (Å²) in [5.74, 6) is -2.15. The van der Waals surface area contributed by atoms with Gasteiger partial charge < -0.3 is 10.1 Å². The van der Waals surface area contributed by atoms with Crippen LogP contribution in [0.5, 0.6) is 0 Å². The van der Waals surface area contributed by atoms with E-state index in [1.54, 1.807) is 25.1 Å². The summed E-state index contributed by atoms with van der Waals surface area (Å²) in [7, 11) is 0. The van der Waals surface area contributed by atoms with Crippen LogP contribution >= 0.6 is 27.5 Å². The number of aryl methyl sites for hydroxylation is 1. The van der Waals surface area contributed by atoms with Crippen LogP contribution in [0.15, 0.2) is 40.9 Å². The van der Waals surface area contributed by atoms with Gasteiger partial charge in [0.05, 0.1) is 5.56 Å². The summed E-state index contributed by atoms with van der Waals surface area (Å²) in [6.07, 6.45) is 0. The largest absolute Gasteiger partial charge is 0.452 e. The van der Waals surface area contributed by atoms with Crippen LogP contribution in [0.3, 0.4) is 0 Å². The summed E-state index contributed by atoms with van der Waals surface area (Å²) in [6.45, 7) is 1.26. The predicted molar refractivity (Wildman–Crippen MR) is 89.2 cm³/mol. The summed E-state index contributed by atoms with van der Waals surface area (Å²) >= 11 is 8.97. The van der Waals surface area contributed by atoms with Crippen molar-refractivity contribution in [2.75, 3.05) is 11.9 Å². The number of nitrogens with one attached hydrogen (secondary N) is 1. The number of carbonyl (C=O) groups excluding carboxylic acids is 2. The maximum absolute atomic E-state index is 13.5. The van der Waals surface area contributed by atoms with E-state index in [2.05, 4.69) is 21.2 Å². The molecule has 0 fully saturated rings. The van der Waals surface area contributed by atoms with Crippen LogP contribution in [-0.4, -0.2) is 18.5 Å². The highest BCUT2D eigenvalue weighted by atomic mass is 79.9. The maximum atomic E-state index is 13.5. The number of esters is 1. The Morgan fingerprint density at radius 2 is 2.00 bits per heavy atom. The minimum Gasteiger partial charge on any atom is -0.452 e. The molecule has 0 aliphatic carbocycles. The van der Waals surface area contributed by atoms with Gasteiger partial charge in [-0.1, -0.05) is 27.5 Å². The van der Waals surface area contributed by atoms with E-state index >= 15 is 0 Å². The molecule has 120 valence electrons. The van der Waals surface area contributed by atoms with Gasteiger partial charge in [0.2, 0.25) is 0 Å². The Labute approximate surface area is 145 Å². The van der Waals surface area contributed by atoms with E-state index in [4.69, 9.17) is 16.3 Å². The van der Waals surface area contributed by atoms with Crippen molar-refractivity contribution in [3.63, 3.8) is 0 Å². The second-order valence-corrected chi connectivity index (χ2v) is 6.06. The lowest BCUT2D eigenvalue weighted by Gasteiger charge is -2.09. The summed E-state index contributed by atoms with van der Waals surface area (Å²) in [5.41, 5.74) is 1.09. The first-order valence-corrected chi connectivity index (χ1v) is 7.72. The molecule has 0 unspecified atom stereocenters. The fraction of sp³-hybridized carbons (Fsp3) is 0.125. The molecule has 0 atom stereocenters. The highest BCUT2D eigenvalue weighted by Gasteiger charge is 2.15. The molecule has 7 heteroatoms. The van der Waals surface area contributed by atoms with Crippen molar-refractivity contribution >= 4 is 45.1 Å². The second-order valence-electron chi connectivity index (χ2n) is 4.71. The number of amides is 1. The minimum absolute atomic E-state index is 0.241. The van der Waals surface area contributed by atoms with Gasteiger partial charge in [-0.15, -0.1) is 0 Å². The first-order chi connectivity index (χ1) is 10.9. The molecule has 1 amide bonds. The van der Waals surface area contributed by atoms with Crippen LogP contribution in [0, 0.1) is 12.7 Å². The van der Waals surface area contributed by atoms with E-state index in [0.29, 0.717) is 15.2 Å². The molecular formula is C16H12BrClFNO3. The number of carbonyl (C=O) groups is 2. The number of anilines is 1. The molecule has 0 aliphatic rings. The van der Waals surface area contributed by atoms with Gasteiger partial charge in [0.15, 0.2) is 6.61 Å². The Bertz CT molecular complexity index is 767. The van der Waals surface area contributed by atoms with Crippen molar-refractivity contribution < 1.29 is 18.7 Å². The highest BCUT2D eigenvalue weighted by molar-refractivity contribution is 9.10. The van der Waals surface area contributed by atoms with Crippen LogP contribution in [-0.2, 0) is 9.53 Å². The normalized spacial score (nSPS) is 10.3. The van der Waals surface area contributed by atoms with Gasteiger partial charge in [-0.3, -0.25) is 4.79 Å². The summed E-state index contributed by atoms with van der Waals surface area (Å²) in [5, 5.41) is 3.15. The number of benzene rings is 2. The zero-order valence-corrected chi connectivity index (χ0v) is 14.4. The lowest BCUT2D eigenvalue weighted by molar-refractivity contribution is -0.119. The molecule has 0 saturated carbocycles. The molecule has 23 heavy (non-hydrogen) atoms. The monoisotopic (exact) mass is 399 g/mol. The van der Waals surface area contributed by atoms with Gasteiger partial charge >= 0.3 is 5.97 Å². The number of hydrogen-bond acceptors (Lipinski definition) is 3. The van der Waals surface area contributed by atoms with Gasteiger partial charge in [0.1, 0.15) is 5.82 Å². The van der Waals surface area contributed by atoms with Crippen molar-refractivity contribution in [3.05, 3.63) is 62.8 Å². The van der Waals surface area contributed by atoms with Crippen molar-refractivity contribution in [2.45, 2.75) is 6.92 Å². The maximum Gasteiger partial charge on any atom is 0.341 e. The van der Waals surface area contributed by atoms with E-state index < -0.39 is 24.3 Å². The third-order valence-corrected chi connectivity index (χ3v) is 3.67. The number of halogens is 3. The third kappa shape index (κ3) is 4.77. The van der Waals surface area contributed by atoms with Crippen LogP contribution in [0.4, 0.5) is 10.1 Å². The summed E-state index contributed by atoms with van der Waals surface area (Å²) in [6, 6.07) is 8.86. The van der Waals surface area contributed by atoms with Crippen molar-refractivity contribution in [1.82, 2.24) is 0 Å². The van der Waals surface area contributed by atoms with Crippen LogP contribution in [0.2, 0.25) is 5.02 Å². The molecule has 0 saturated heterocycles. The zero-order valence-electron chi connectivity index (χ0n) is 12.0. The summed E-state index contributed by atoms with van der Waals surface area (Å²) < 4.78 is 18.9. The molecule has 0 bridgehead atoms. The number of hydrogen-bond donors (Lipinski definition) is 1. The van der Waals surface area contributed by atoms with Gasteiger partial charge in [-0.25, -0.2) is 9.18 Å². The molecule has 4 nitrogen and oxygen atoms in total. The zero-order chi connectivity index (χ0) is 17.0. The van der Waals surface area contributed by atoms with Crippen molar-refractivity contribution in [2.24, 2.45) is 0 Å². The Morgan fingerprint density at radius 1 is 1.26 bits per heavy atom. The topological polar surface area (TPSA) is 55.4 Å². The molecule has 1 N–H and O–H groups in total. The Hall–Kier alpha value is -1.92. The second kappa shape index (κ2) is 7.57. The first kappa shape index (κ1) is 17.4. The molecule has 0 radical (unpaired) electrons. The molecule has 0 aromatic heterocycles. The van der Waals surface area contributed by atoms with E-state index in [1.807, 2.05) is 0 Å². The van der Waals surface area contributed by atoms with Gasteiger partial charge in [0.25, 0.3) is 5.91 Å². The fourth-order valence-electron chi connectivity index (χ4n) is 1.82. The lowest BCUT2D eigenvalue weighted by atomic mass is 10.2. The molecule has 0 aliphatic heterocycles. The van der Waals surface area contributed by atoms with Crippen molar-refractivity contribution in [3.8, 4) is 0 Å². The standard InChI is InChI=1S/C16H12BrClFNO3/c1-9-6-11(18)3-5-14(9)20-15(21)8-23-16(22)12-7-10(17)2-4-13(12)19/h2-7H,8H2,1H3,(H,20,21). The van der Waals surface area contributed by atoms with Crippen LogP contribution < -0.4 is 5.32 Å². The van der Waals surface area contributed by atoms with Crippen LogP contribution in [0.1, 0.15) is 15.9 Å². The SMILES string of the molecule is Cc1cc(Cl)ccc1NC(=O)COC(=O)c1cc(Br)ccc1F. The van der Waals surface area contributed by atoms with Gasteiger partial charge in [-0.2, -0.15) is 0 Å². The molecule has 0 heterocycles. The predicted octanol–water partition coefficient (Wildman–Crippen LogP) is 4.35. The van der Waals surface area contributed by atoms with E-state index in [9.17, 15) is 14.0 Å². The molecular weight excluding hydrogens is 389 g/mol. The van der Waals surface area contributed by atoms with E-state index in [1.165, 1.54) is 12.1 Å². The van der Waals surface area contributed by atoms with Crippen molar-refractivity contribution in [1.29, 1.82) is 0 Å². The van der Waals surface area contributed by atoms with E-state index in [-0.39, 0.29) is 5.56 Å².